The molecule has 0 heterocycles. The Bertz CT molecular complexity index is 158. The molecule has 0 aliphatic carbocycles. The zero-order chi connectivity index (χ0) is 11.4. The summed E-state index contributed by atoms with van der Waals surface area (Å²) in [6.07, 6.45) is 4.08. The molecule has 14 heavy (non-hydrogen) atoms. The van der Waals surface area contributed by atoms with Gasteiger partial charge in [-0.25, -0.2) is 0 Å². The van der Waals surface area contributed by atoms with Crippen LogP contribution in [0.25, 0.3) is 0 Å². The largest absolute Gasteiger partial charge is 0.414 e. The van der Waals surface area contributed by atoms with Crippen molar-refractivity contribution in [2.45, 2.75) is 78.1 Å². The van der Waals surface area contributed by atoms with Gasteiger partial charge in [-0.1, -0.05) is 41.0 Å². The lowest BCUT2D eigenvalue weighted by molar-refractivity contribution is 0.166. The highest BCUT2D eigenvalue weighted by Gasteiger charge is 2.38. The first kappa shape index (κ1) is 14.2. The van der Waals surface area contributed by atoms with Crippen LogP contribution in [0, 0.1) is 0 Å². The second kappa shape index (κ2) is 5.31. The average molecular weight is 216 g/mol. The van der Waals surface area contributed by atoms with E-state index in [1.165, 1.54) is 12.8 Å². The number of hydrogen-bond donors (Lipinski definition) is 0. The standard InChI is InChI=1S/C12H28OSi/c1-8-10-11(9-2)13-14(6,7)12(3,4)5/h11H,8-10H2,1-7H3. The number of hydrogen-bond acceptors (Lipinski definition) is 1. The van der Waals surface area contributed by atoms with Gasteiger partial charge >= 0.3 is 0 Å². The Morgan fingerprint density at radius 3 is 1.93 bits per heavy atom. The third kappa shape index (κ3) is 4.14. The van der Waals surface area contributed by atoms with Crippen molar-refractivity contribution in [2.75, 3.05) is 0 Å². The van der Waals surface area contributed by atoms with Gasteiger partial charge in [-0.2, -0.15) is 0 Å². The van der Waals surface area contributed by atoms with Crippen molar-refractivity contribution in [2.24, 2.45) is 0 Å². The minimum Gasteiger partial charge on any atom is -0.414 e. The zero-order valence-corrected chi connectivity index (χ0v) is 12.1. The van der Waals surface area contributed by atoms with E-state index in [0.717, 1.165) is 6.42 Å². The van der Waals surface area contributed by atoms with E-state index in [0.29, 0.717) is 11.1 Å². The summed E-state index contributed by atoms with van der Waals surface area (Å²) in [5.41, 5.74) is 0. The molecule has 0 amide bonds. The summed E-state index contributed by atoms with van der Waals surface area (Å²) in [5, 5.41) is 0.341. The summed E-state index contributed by atoms with van der Waals surface area (Å²) in [6.45, 7) is 16.1. The quantitative estimate of drug-likeness (QED) is 0.611. The molecule has 0 saturated carbocycles. The molecule has 2 heteroatoms. The SMILES string of the molecule is CCCC(CC)O[Si](C)(C)C(C)(C)C. The number of rotatable bonds is 5. The Kier molecular flexibility index (Phi) is 5.38. The van der Waals surface area contributed by atoms with Gasteiger partial charge in [0.05, 0.1) is 0 Å². The Balaban J connectivity index is 4.32. The molecule has 1 unspecified atom stereocenters. The van der Waals surface area contributed by atoms with Crippen molar-refractivity contribution >= 4 is 8.32 Å². The molecule has 0 aliphatic rings. The Hall–Kier alpha value is 0.177. The van der Waals surface area contributed by atoms with Crippen LogP contribution in [-0.4, -0.2) is 14.4 Å². The smallest absolute Gasteiger partial charge is 0.192 e. The van der Waals surface area contributed by atoms with Gasteiger partial charge in [0, 0.05) is 6.10 Å². The summed E-state index contributed by atoms with van der Waals surface area (Å²) in [6, 6.07) is 0. The van der Waals surface area contributed by atoms with Gasteiger partial charge in [0.15, 0.2) is 8.32 Å². The molecule has 0 rings (SSSR count). The van der Waals surface area contributed by atoms with Gasteiger partial charge in [0.1, 0.15) is 0 Å². The topological polar surface area (TPSA) is 9.23 Å². The highest BCUT2D eigenvalue weighted by molar-refractivity contribution is 6.74. The summed E-state index contributed by atoms with van der Waals surface area (Å²) >= 11 is 0. The molecule has 1 atom stereocenters. The Morgan fingerprint density at radius 1 is 1.14 bits per heavy atom. The minimum atomic E-state index is -1.53. The van der Waals surface area contributed by atoms with Crippen LogP contribution >= 0.6 is 0 Å². The van der Waals surface area contributed by atoms with Crippen molar-refractivity contribution in [3.8, 4) is 0 Å². The van der Waals surface area contributed by atoms with E-state index < -0.39 is 8.32 Å². The molecule has 0 spiro atoms. The van der Waals surface area contributed by atoms with Crippen LogP contribution in [0.1, 0.15) is 53.9 Å². The van der Waals surface area contributed by atoms with E-state index in [9.17, 15) is 0 Å². The molecular weight excluding hydrogens is 188 g/mol. The van der Waals surface area contributed by atoms with E-state index in [2.05, 4.69) is 47.7 Å². The second-order valence-corrected chi connectivity index (χ2v) is 10.5. The van der Waals surface area contributed by atoms with E-state index in [1.807, 2.05) is 0 Å². The molecule has 0 aromatic carbocycles. The van der Waals surface area contributed by atoms with Crippen LogP contribution in [-0.2, 0) is 4.43 Å². The summed E-state index contributed by atoms with van der Waals surface area (Å²) in [7, 11) is -1.53. The average Bonchev–Trinajstić information content (AvgIpc) is 2.01. The lowest BCUT2D eigenvalue weighted by Gasteiger charge is -2.39. The molecule has 86 valence electrons. The van der Waals surface area contributed by atoms with Crippen molar-refractivity contribution in [1.29, 1.82) is 0 Å². The molecule has 0 N–H and O–H groups in total. The summed E-state index contributed by atoms with van der Waals surface area (Å²) in [4.78, 5) is 0. The highest BCUT2D eigenvalue weighted by Crippen LogP contribution is 2.37. The molecule has 0 aromatic heterocycles. The van der Waals surface area contributed by atoms with E-state index in [-0.39, 0.29) is 0 Å². The van der Waals surface area contributed by atoms with Crippen LogP contribution in [0.4, 0.5) is 0 Å². The van der Waals surface area contributed by atoms with Gasteiger partial charge in [0.25, 0.3) is 0 Å². The third-order valence-electron chi connectivity index (χ3n) is 3.33. The molecule has 0 radical (unpaired) electrons. The molecular formula is C12H28OSi. The lowest BCUT2D eigenvalue weighted by Crippen LogP contribution is -2.43. The fourth-order valence-corrected chi connectivity index (χ4v) is 2.73. The van der Waals surface area contributed by atoms with Gasteiger partial charge in [-0.3, -0.25) is 0 Å². The van der Waals surface area contributed by atoms with Gasteiger partial charge < -0.3 is 4.43 Å². The summed E-state index contributed by atoms with van der Waals surface area (Å²) in [5.74, 6) is 0. The Labute approximate surface area is 91.4 Å². The van der Waals surface area contributed by atoms with E-state index >= 15 is 0 Å². The lowest BCUT2D eigenvalue weighted by atomic mass is 10.2. The first-order valence-electron chi connectivity index (χ1n) is 5.92. The van der Waals surface area contributed by atoms with Crippen molar-refractivity contribution in [3.63, 3.8) is 0 Å². The maximum absolute atomic E-state index is 6.33. The first-order valence-corrected chi connectivity index (χ1v) is 8.83. The normalized spacial score (nSPS) is 15.6. The van der Waals surface area contributed by atoms with Crippen LogP contribution in [0.3, 0.4) is 0 Å². The fraction of sp³-hybridized carbons (Fsp3) is 1.00. The van der Waals surface area contributed by atoms with Gasteiger partial charge in [-0.05, 0) is 31.0 Å². The summed E-state index contributed by atoms with van der Waals surface area (Å²) < 4.78 is 6.33. The molecule has 0 saturated heterocycles. The first-order chi connectivity index (χ1) is 6.24. The zero-order valence-electron chi connectivity index (χ0n) is 11.1. The third-order valence-corrected chi connectivity index (χ3v) is 7.87. The molecule has 0 aromatic rings. The monoisotopic (exact) mass is 216 g/mol. The Morgan fingerprint density at radius 2 is 1.64 bits per heavy atom. The second-order valence-electron chi connectivity index (χ2n) is 5.70. The highest BCUT2D eigenvalue weighted by atomic mass is 28.4. The van der Waals surface area contributed by atoms with Crippen LogP contribution < -0.4 is 0 Å². The molecule has 1 nitrogen and oxygen atoms in total. The minimum absolute atomic E-state index is 0.341. The van der Waals surface area contributed by atoms with E-state index in [4.69, 9.17) is 4.43 Å². The molecule has 0 fully saturated rings. The van der Waals surface area contributed by atoms with Gasteiger partial charge in [-0.15, -0.1) is 0 Å². The van der Waals surface area contributed by atoms with Crippen LogP contribution in [0.15, 0.2) is 0 Å². The van der Waals surface area contributed by atoms with Gasteiger partial charge in [0.2, 0.25) is 0 Å². The van der Waals surface area contributed by atoms with Crippen molar-refractivity contribution < 1.29 is 4.43 Å². The maximum atomic E-state index is 6.33. The van der Waals surface area contributed by atoms with E-state index in [1.54, 1.807) is 0 Å². The van der Waals surface area contributed by atoms with Crippen molar-refractivity contribution in [1.82, 2.24) is 0 Å². The van der Waals surface area contributed by atoms with Crippen LogP contribution in [0.2, 0.25) is 18.1 Å². The molecule has 0 bridgehead atoms. The van der Waals surface area contributed by atoms with Crippen LogP contribution in [0.5, 0.6) is 0 Å². The molecule has 0 aliphatic heterocycles. The van der Waals surface area contributed by atoms with Crippen molar-refractivity contribution in [3.05, 3.63) is 0 Å². The predicted octanol–water partition coefficient (Wildman–Crippen LogP) is 4.59. The fourth-order valence-electron chi connectivity index (χ4n) is 1.26. The maximum Gasteiger partial charge on any atom is 0.192 e. The predicted molar refractivity (Wildman–Crippen MR) is 67.3 cm³/mol.